The Labute approximate surface area is 126 Å². The number of carboxylic acids is 1. The van der Waals surface area contributed by atoms with Gasteiger partial charge in [-0.15, -0.1) is 11.3 Å². The molecule has 0 aromatic carbocycles. The van der Waals surface area contributed by atoms with Crippen molar-refractivity contribution in [1.82, 2.24) is 9.88 Å². The Balaban J connectivity index is 2.07. The molecular formula is C14H18N2O4S. The zero-order valence-electron chi connectivity index (χ0n) is 12.4. The SMILES string of the molecule is Cn1c(C(=O)O)cc2sc(CNC(=O)OC(C)(C)C)cc21. The summed E-state index contributed by atoms with van der Waals surface area (Å²) >= 11 is 1.46. The highest BCUT2D eigenvalue weighted by molar-refractivity contribution is 7.19. The van der Waals surface area contributed by atoms with Crippen LogP contribution in [0.25, 0.3) is 10.2 Å². The van der Waals surface area contributed by atoms with Gasteiger partial charge in [0, 0.05) is 11.9 Å². The number of carboxylic acid groups (broad SMARTS) is 1. The minimum Gasteiger partial charge on any atom is -0.477 e. The largest absolute Gasteiger partial charge is 0.477 e. The van der Waals surface area contributed by atoms with Crippen molar-refractivity contribution in [1.29, 1.82) is 0 Å². The molecule has 0 aliphatic rings. The Morgan fingerprint density at radius 2 is 2.05 bits per heavy atom. The van der Waals surface area contributed by atoms with E-state index in [1.807, 2.05) is 6.07 Å². The minimum absolute atomic E-state index is 0.253. The third-order valence-corrected chi connectivity index (χ3v) is 3.88. The Bertz CT molecular complexity index is 694. The number of hydrogen-bond donors (Lipinski definition) is 2. The van der Waals surface area contributed by atoms with Crippen LogP contribution in [-0.4, -0.2) is 27.3 Å². The van der Waals surface area contributed by atoms with E-state index in [1.165, 1.54) is 11.3 Å². The second-order valence-electron chi connectivity index (χ2n) is 5.71. The number of fused-ring (bicyclic) bond motifs is 1. The summed E-state index contributed by atoms with van der Waals surface area (Å²) < 4.78 is 7.68. The van der Waals surface area contributed by atoms with Gasteiger partial charge in [0.25, 0.3) is 0 Å². The molecule has 0 saturated heterocycles. The molecule has 2 N–H and O–H groups in total. The first-order valence-electron chi connectivity index (χ1n) is 6.45. The molecule has 6 nitrogen and oxygen atoms in total. The topological polar surface area (TPSA) is 80.6 Å². The first-order chi connectivity index (χ1) is 9.67. The molecule has 21 heavy (non-hydrogen) atoms. The van der Waals surface area contributed by atoms with E-state index < -0.39 is 17.7 Å². The van der Waals surface area contributed by atoms with Crippen LogP contribution in [0.15, 0.2) is 12.1 Å². The highest BCUT2D eigenvalue weighted by Crippen LogP contribution is 2.28. The van der Waals surface area contributed by atoms with Crippen LogP contribution >= 0.6 is 11.3 Å². The Hall–Kier alpha value is -2.02. The third-order valence-electron chi connectivity index (χ3n) is 2.81. The molecule has 2 heterocycles. The number of aryl methyl sites for hydroxylation is 1. The average Bonchev–Trinajstić information content (AvgIpc) is 2.84. The van der Waals surface area contributed by atoms with Gasteiger partial charge in [0.2, 0.25) is 0 Å². The Morgan fingerprint density at radius 1 is 1.38 bits per heavy atom. The number of hydrogen-bond acceptors (Lipinski definition) is 4. The summed E-state index contributed by atoms with van der Waals surface area (Å²) in [7, 11) is 1.71. The summed E-state index contributed by atoms with van der Waals surface area (Å²) in [6.07, 6.45) is -0.466. The lowest BCUT2D eigenvalue weighted by molar-refractivity contribution is 0.0523. The van der Waals surface area contributed by atoms with E-state index in [0.717, 1.165) is 15.1 Å². The van der Waals surface area contributed by atoms with E-state index in [0.29, 0.717) is 6.54 Å². The lowest BCUT2D eigenvalue weighted by Gasteiger charge is -2.19. The van der Waals surface area contributed by atoms with E-state index in [4.69, 9.17) is 9.84 Å². The quantitative estimate of drug-likeness (QED) is 0.913. The maximum atomic E-state index is 11.6. The first kappa shape index (κ1) is 15.4. The highest BCUT2D eigenvalue weighted by Gasteiger charge is 2.17. The number of nitrogens with zero attached hydrogens (tertiary/aromatic N) is 1. The van der Waals surface area contributed by atoms with Gasteiger partial charge in [-0.3, -0.25) is 0 Å². The molecule has 2 aromatic rings. The van der Waals surface area contributed by atoms with Gasteiger partial charge in [0.15, 0.2) is 0 Å². The van der Waals surface area contributed by atoms with Crippen molar-refractivity contribution < 1.29 is 19.4 Å². The van der Waals surface area contributed by atoms with Crippen molar-refractivity contribution in [2.45, 2.75) is 32.9 Å². The average molecular weight is 310 g/mol. The van der Waals surface area contributed by atoms with Crippen LogP contribution in [0.5, 0.6) is 0 Å². The van der Waals surface area contributed by atoms with Gasteiger partial charge in [-0.05, 0) is 32.9 Å². The Morgan fingerprint density at radius 3 is 2.57 bits per heavy atom. The monoisotopic (exact) mass is 310 g/mol. The number of nitrogens with one attached hydrogen (secondary N) is 1. The Kier molecular flexibility index (Phi) is 3.95. The maximum Gasteiger partial charge on any atom is 0.407 e. The summed E-state index contributed by atoms with van der Waals surface area (Å²) in [4.78, 5) is 23.6. The lowest BCUT2D eigenvalue weighted by atomic mass is 10.2. The second kappa shape index (κ2) is 5.40. The molecule has 7 heteroatoms. The van der Waals surface area contributed by atoms with Gasteiger partial charge in [0.1, 0.15) is 11.3 Å². The number of carbonyl (C=O) groups is 2. The van der Waals surface area contributed by atoms with Crippen molar-refractivity contribution in [3.63, 3.8) is 0 Å². The molecule has 0 bridgehead atoms. The number of carbonyl (C=O) groups excluding carboxylic acids is 1. The highest BCUT2D eigenvalue weighted by atomic mass is 32.1. The summed E-state index contributed by atoms with van der Waals surface area (Å²) in [5.41, 5.74) is 0.571. The third kappa shape index (κ3) is 3.55. The molecule has 0 aliphatic carbocycles. The zero-order valence-corrected chi connectivity index (χ0v) is 13.2. The fraction of sp³-hybridized carbons (Fsp3) is 0.429. The summed E-state index contributed by atoms with van der Waals surface area (Å²) in [5.74, 6) is -0.950. The molecule has 0 spiro atoms. The van der Waals surface area contributed by atoms with Crippen LogP contribution in [0.1, 0.15) is 36.1 Å². The fourth-order valence-corrected chi connectivity index (χ4v) is 3.00. The lowest BCUT2D eigenvalue weighted by Crippen LogP contribution is -2.31. The number of thiophene rings is 1. The second-order valence-corrected chi connectivity index (χ2v) is 6.88. The van der Waals surface area contributed by atoms with Crippen LogP contribution in [0, 0.1) is 0 Å². The minimum atomic E-state index is -0.950. The van der Waals surface area contributed by atoms with Crippen molar-refractivity contribution >= 4 is 33.6 Å². The number of aromatic carboxylic acids is 1. The van der Waals surface area contributed by atoms with Crippen molar-refractivity contribution in [2.75, 3.05) is 0 Å². The van der Waals surface area contributed by atoms with E-state index in [1.54, 1.807) is 38.5 Å². The zero-order chi connectivity index (χ0) is 15.8. The van der Waals surface area contributed by atoms with E-state index in [9.17, 15) is 9.59 Å². The molecule has 114 valence electrons. The molecule has 0 saturated carbocycles. The van der Waals surface area contributed by atoms with Crippen LogP contribution in [0.4, 0.5) is 4.79 Å². The van der Waals surface area contributed by atoms with E-state index in [-0.39, 0.29) is 5.69 Å². The molecule has 0 radical (unpaired) electrons. The van der Waals surface area contributed by atoms with Gasteiger partial charge in [-0.25, -0.2) is 9.59 Å². The molecule has 0 atom stereocenters. The number of aromatic nitrogens is 1. The molecule has 0 unspecified atom stereocenters. The smallest absolute Gasteiger partial charge is 0.407 e. The molecular weight excluding hydrogens is 292 g/mol. The maximum absolute atomic E-state index is 11.6. The number of amides is 1. The number of rotatable bonds is 3. The van der Waals surface area contributed by atoms with Crippen LogP contribution in [0.2, 0.25) is 0 Å². The fourth-order valence-electron chi connectivity index (χ4n) is 1.93. The molecule has 1 amide bonds. The molecule has 2 aromatic heterocycles. The first-order valence-corrected chi connectivity index (χ1v) is 7.27. The number of ether oxygens (including phenoxy) is 1. The predicted octanol–water partition coefficient (Wildman–Crippen LogP) is 2.96. The van der Waals surface area contributed by atoms with Crippen LogP contribution in [0.3, 0.4) is 0 Å². The van der Waals surface area contributed by atoms with Gasteiger partial charge in [-0.1, -0.05) is 0 Å². The molecule has 0 fully saturated rings. The predicted molar refractivity (Wildman–Crippen MR) is 80.8 cm³/mol. The number of alkyl carbamates (subject to hydrolysis) is 1. The summed E-state index contributed by atoms with van der Waals surface area (Å²) in [6, 6.07) is 3.52. The van der Waals surface area contributed by atoms with Gasteiger partial charge in [0.05, 0.1) is 16.8 Å². The van der Waals surface area contributed by atoms with E-state index >= 15 is 0 Å². The van der Waals surface area contributed by atoms with Crippen molar-refractivity contribution in [2.24, 2.45) is 7.05 Å². The molecule has 2 rings (SSSR count). The summed E-state index contributed by atoms with van der Waals surface area (Å²) in [6.45, 7) is 5.77. The van der Waals surface area contributed by atoms with Crippen LogP contribution < -0.4 is 5.32 Å². The van der Waals surface area contributed by atoms with Gasteiger partial charge < -0.3 is 19.7 Å². The standard InChI is InChI=1S/C14H18N2O4S/c1-14(2,3)20-13(19)15-7-8-5-9-11(21-8)6-10(12(17)18)16(9)4/h5-6H,7H2,1-4H3,(H,15,19)(H,17,18). The summed E-state index contributed by atoms with van der Waals surface area (Å²) in [5, 5.41) is 11.7. The van der Waals surface area contributed by atoms with E-state index in [2.05, 4.69) is 5.32 Å². The van der Waals surface area contributed by atoms with Crippen LogP contribution in [-0.2, 0) is 18.3 Å². The van der Waals surface area contributed by atoms with Gasteiger partial charge in [-0.2, -0.15) is 0 Å². The van der Waals surface area contributed by atoms with Crippen molar-refractivity contribution in [3.8, 4) is 0 Å². The van der Waals surface area contributed by atoms with Gasteiger partial charge >= 0.3 is 12.1 Å². The van der Waals surface area contributed by atoms with Crippen molar-refractivity contribution in [3.05, 3.63) is 22.7 Å². The molecule has 0 aliphatic heterocycles. The normalized spacial score (nSPS) is 11.6.